The van der Waals surface area contributed by atoms with Crippen molar-refractivity contribution in [1.82, 2.24) is 14.8 Å². The minimum absolute atomic E-state index is 0.0831. The Hall–Kier alpha value is -3.14. The summed E-state index contributed by atoms with van der Waals surface area (Å²) in [7, 11) is 0. The second-order valence-electron chi connectivity index (χ2n) is 5.98. The first-order valence-electron chi connectivity index (χ1n) is 7.88. The molecule has 0 bridgehead atoms. The Balaban J connectivity index is 2.01. The number of aromatic amines is 1. The van der Waals surface area contributed by atoms with E-state index in [1.165, 1.54) is 0 Å². The summed E-state index contributed by atoms with van der Waals surface area (Å²) in [4.78, 5) is 17.4. The van der Waals surface area contributed by atoms with Crippen LogP contribution in [0, 0.1) is 13.8 Å². The number of nitrogens with zero attached hydrogens (tertiary/aromatic N) is 2. The van der Waals surface area contributed by atoms with Crippen LogP contribution in [0.15, 0.2) is 65.6 Å². The SMILES string of the molecule is Cc1ccc(-n2[nH]c3nccc(-c4ccccc4C)c3c2=O)cc1. The number of nitrogens with one attached hydrogen (secondary N) is 1. The monoisotopic (exact) mass is 315 g/mol. The minimum atomic E-state index is -0.0831. The zero-order chi connectivity index (χ0) is 16.7. The van der Waals surface area contributed by atoms with Crippen molar-refractivity contribution < 1.29 is 0 Å². The average Bonchev–Trinajstić information content (AvgIpc) is 2.93. The summed E-state index contributed by atoms with van der Waals surface area (Å²) < 4.78 is 1.55. The highest BCUT2D eigenvalue weighted by Gasteiger charge is 2.15. The molecule has 2 heterocycles. The van der Waals surface area contributed by atoms with Crippen LogP contribution in [0.1, 0.15) is 11.1 Å². The fourth-order valence-electron chi connectivity index (χ4n) is 3.01. The van der Waals surface area contributed by atoms with Crippen LogP contribution in [-0.4, -0.2) is 14.8 Å². The molecule has 0 aliphatic heterocycles. The van der Waals surface area contributed by atoms with Crippen LogP contribution >= 0.6 is 0 Å². The van der Waals surface area contributed by atoms with Gasteiger partial charge in [0.15, 0.2) is 5.65 Å². The van der Waals surface area contributed by atoms with Gasteiger partial charge in [-0.25, -0.2) is 9.67 Å². The van der Waals surface area contributed by atoms with Crippen molar-refractivity contribution in [3.05, 3.63) is 82.3 Å². The van der Waals surface area contributed by atoms with E-state index < -0.39 is 0 Å². The third-order valence-electron chi connectivity index (χ3n) is 4.31. The lowest BCUT2D eigenvalue weighted by Crippen LogP contribution is -2.14. The average molecular weight is 315 g/mol. The van der Waals surface area contributed by atoms with Crippen LogP contribution in [0.2, 0.25) is 0 Å². The second-order valence-corrected chi connectivity index (χ2v) is 5.98. The fourth-order valence-corrected chi connectivity index (χ4v) is 3.01. The predicted molar refractivity (Wildman–Crippen MR) is 96.6 cm³/mol. The molecule has 0 radical (unpaired) electrons. The molecule has 118 valence electrons. The van der Waals surface area contributed by atoms with Crippen molar-refractivity contribution in [3.63, 3.8) is 0 Å². The topological polar surface area (TPSA) is 50.7 Å². The van der Waals surface area contributed by atoms with Crippen molar-refractivity contribution in [2.45, 2.75) is 13.8 Å². The van der Waals surface area contributed by atoms with Crippen LogP contribution < -0.4 is 5.56 Å². The summed E-state index contributed by atoms with van der Waals surface area (Å²) in [5.74, 6) is 0. The number of aromatic nitrogens is 3. The van der Waals surface area contributed by atoms with Gasteiger partial charge in [-0.2, -0.15) is 0 Å². The Labute approximate surface area is 139 Å². The van der Waals surface area contributed by atoms with Crippen LogP contribution in [0.4, 0.5) is 0 Å². The van der Waals surface area contributed by atoms with Crippen LogP contribution in [0.5, 0.6) is 0 Å². The largest absolute Gasteiger partial charge is 0.281 e. The molecule has 4 heteroatoms. The molecule has 24 heavy (non-hydrogen) atoms. The second kappa shape index (κ2) is 5.49. The Bertz CT molecular complexity index is 1090. The zero-order valence-corrected chi connectivity index (χ0v) is 13.6. The maximum atomic E-state index is 13.0. The van der Waals surface area contributed by atoms with E-state index in [4.69, 9.17) is 0 Å². The van der Waals surface area contributed by atoms with E-state index in [-0.39, 0.29) is 5.56 Å². The quantitative estimate of drug-likeness (QED) is 0.608. The molecule has 4 nitrogen and oxygen atoms in total. The number of fused-ring (bicyclic) bond motifs is 1. The van der Waals surface area contributed by atoms with Crippen molar-refractivity contribution in [3.8, 4) is 16.8 Å². The molecule has 0 saturated carbocycles. The molecule has 4 aromatic rings. The number of aryl methyl sites for hydroxylation is 2. The summed E-state index contributed by atoms with van der Waals surface area (Å²) in [6, 6.07) is 17.8. The summed E-state index contributed by atoms with van der Waals surface area (Å²) in [6.07, 6.45) is 1.74. The number of hydrogen-bond donors (Lipinski definition) is 1. The molecule has 1 N–H and O–H groups in total. The highest BCUT2D eigenvalue weighted by Crippen LogP contribution is 2.27. The van der Waals surface area contributed by atoms with Crippen molar-refractivity contribution in [2.75, 3.05) is 0 Å². The zero-order valence-electron chi connectivity index (χ0n) is 13.6. The lowest BCUT2D eigenvalue weighted by Gasteiger charge is -2.05. The third kappa shape index (κ3) is 2.24. The number of pyridine rings is 1. The van der Waals surface area contributed by atoms with Gasteiger partial charge in [0.25, 0.3) is 5.56 Å². The summed E-state index contributed by atoms with van der Waals surface area (Å²) in [5, 5.41) is 3.74. The minimum Gasteiger partial charge on any atom is -0.274 e. The molecule has 0 saturated heterocycles. The van der Waals surface area contributed by atoms with Gasteiger partial charge in [0.2, 0.25) is 0 Å². The highest BCUT2D eigenvalue weighted by atomic mass is 16.1. The molecule has 0 spiro atoms. The molecule has 0 amide bonds. The predicted octanol–water partition coefficient (Wildman–Crippen LogP) is 4.00. The molecular formula is C20H17N3O. The molecule has 0 fully saturated rings. The Kier molecular flexibility index (Phi) is 3.31. The number of hydrogen-bond acceptors (Lipinski definition) is 2. The third-order valence-corrected chi connectivity index (χ3v) is 4.31. The van der Waals surface area contributed by atoms with E-state index in [1.807, 2.05) is 68.4 Å². The van der Waals surface area contributed by atoms with Gasteiger partial charge in [-0.15, -0.1) is 0 Å². The van der Waals surface area contributed by atoms with Crippen LogP contribution in [0.3, 0.4) is 0 Å². The van der Waals surface area contributed by atoms with Crippen molar-refractivity contribution >= 4 is 11.0 Å². The number of rotatable bonds is 2. The van der Waals surface area contributed by atoms with Crippen molar-refractivity contribution in [1.29, 1.82) is 0 Å². The normalized spacial score (nSPS) is 11.1. The van der Waals surface area contributed by atoms with Crippen LogP contribution in [0.25, 0.3) is 27.8 Å². The lowest BCUT2D eigenvalue weighted by atomic mass is 9.99. The highest BCUT2D eigenvalue weighted by molar-refractivity contribution is 5.93. The molecule has 0 aliphatic rings. The van der Waals surface area contributed by atoms with E-state index in [2.05, 4.69) is 10.1 Å². The van der Waals surface area contributed by atoms with E-state index >= 15 is 0 Å². The van der Waals surface area contributed by atoms with E-state index in [0.717, 1.165) is 27.9 Å². The lowest BCUT2D eigenvalue weighted by molar-refractivity contribution is 0.858. The molecule has 2 aromatic heterocycles. The number of benzene rings is 2. The van der Waals surface area contributed by atoms with Crippen LogP contribution in [-0.2, 0) is 0 Å². The Morgan fingerprint density at radius 1 is 0.917 bits per heavy atom. The molecule has 2 aromatic carbocycles. The maximum Gasteiger partial charge on any atom is 0.281 e. The van der Waals surface area contributed by atoms with Gasteiger partial charge in [-0.1, -0.05) is 42.0 Å². The first-order valence-corrected chi connectivity index (χ1v) is 7.88. The maximum absolute atomic E-state index is 13.0. The summed E-state index contributed by atoms with van der Waals surface area (Å²) in [6.45, 7) is 4.07. The van der Waals surface area contributed by atoms with Gasteiger partial charge in [-0.05, 0) is 43.2 Å². The van der Waals surface area contributed by atoms with Gasteiger partial charge < -0.3 is 0 Å². The van der Waals surface area contributed by atoms with Gasteiger partial charge >= 0.3 is 0 Å². The fraction of sp³-hybridized carbons (Fsp3) is 0.100. The Morgan fingerprint density at radius 2 is 1.67 bits per heavy atom. The molecular weight excluding hydrogens is 298 g/mol. The molecule has 0 aliphatic carbocycles. The Morgan fingerprint density at radius 3 is 2.42 bits per heavy atom. The smallest absolute Gasteiger partial charge is 0.274 e. The molecule has 0 atom stereocenters. The standard InChI is InChI=1S/C20H17N3O/c1-13-7-9-15(10-8-13)23-20(24)18-17(11-12-21-19(18)22-23)16-6-4-3-5-14(16)2/h3-12H,1-2H3,(H,21,22). The van der Waals surface area contributed by atoms with Gasteiger partial charge in [0.05, 0.1) is 11.1 Å². The summed E-state index contributed by atoms with van der Waals surface area (Å²) >= 11 is 0. The van der Waals surface area contributed by atoms with Gasteiger partial charge in [0.1, 0.15) is 0 Å². The van der Waals surface area contributed by atoms with E-state index in [9.17, 15) is 4.79 Å². The molecule has 4 rings (SSSR count). The first kappa shape index (κ1) is 14.5. The van der Waals surface area contributed by atoms with Gasteiger partial charge in [0, 0.05) is 11.8 Å². The number of H-pyrrole nitrogens is 1. The van der Waals surface area contributed by atoms with E-state index in [1.54, 1.807) is 10.9 Å². The first-order chi connectivity index (χ1) is 11.6. The van der Waals surface area contributed by atoms with Gasteiger partial charge in [-0.3, -0.25) is 9.89 Å². The molecule has 0 unspecified atom stereocenters. The summed E-state index contributed by atoms with van der Waals surface area (Å²) in [5.41, 5.74) is 5.57. The van der Waals surface area contributed by atoms with E-state index in [0.29, 0.717) is 11.0 Å². The van der Waals surface area contributed by atoms with Crippen molar-refractivity contribution in [2.24, 2.45) is 0 Å².